The molecule has 1 fully saturated rings. The van der Waals surface area contributed by atoms with Crippen LogP contribution in [0.5, 0.6) is 0 Å². The van der Waals surface area contributed by atoms with E-state index in [0.717, 1.165) is 12.5 Å². The fourth-order valence-electron chi connectivity index (χ4n) is 1.33. The molecule has 2 rings (SSSR count). The van der Waals surface area contributed by atoms with Crippen LogP contribution in [0.15, 0.2) is 29.3 Å². The molecule has 0 aromatic carbocycles. The van der Waals surface area contributed by atoms with Crippen LogP contribution < -0.4 is 5.43 Å². The normalized spacial score (nSPS) is 16.3. The van der Waals surface area contributed by atoms with Gasteiger partial charge >= 0.3 is 0 Å². The minimum Gasteiger partial charge on any atom is -0.354 e. The van der Waals surface area contributed by atoms with Crippen molar-refractivity contribution < 1.29 is 0 Å². The van der Waals surface area contributed by atoms with Gasteiger partial charge in [-0.15, -0.1) is 0 Å². The van der Waals surface area contributed by atoms with Crippen molar-refractivity contribution >= 4 is 0 Å². The molecule has 0 aliphatic heterocycles. The molecule has 2 nitrogen and oxygen atoms in total. The van der Waals surface area contributed by atoms with Gasteiger partial charge in [-0.05, 0) is 12.3 Å². The first-order valence-corrected chi connectivity index (χ1v) is 4.51. The number of rotatable bonds is 3. The molecule has 0 radical (unpaired) electrons. The summed E-state index contributed by atoms with van der Waals surface area (Å²) in [6, 6.07) is 3.24. The molecule has 1 aromatic heterocycles. The highest BCUT2D eigenvalue weighted by atomic mass is 16.1. The highest BCUT2D eigenvalue weighted by Crippen LogP contribution is 2.32. The van der Waals surface area contributed by atoms with E-state index in [1.165, 1.54) is 19.3 Å². The fourth-order valence-corrected chi connectivity index (χ4v) is 1.33. The highest BCUT2D eigenvalue weighted by Gasteiger charge is 2.20. The Morgan fingerprint density at radius 2 is 2.00 bits per heavy atom. The molecule has 1 heterocycles. The molecule has 0 bridgehead atoms. The smallest absolute Gasteiger partial charge is 0.181 e. The number of aryl methyl sites for hydroxylation is 1. The third kappa shape index (κ3) is 1.97. The van der Waals surface area contributed by atoms with Gasteiger partial charge in [-0.25, -0.2) is 0 Å². The Hall–Kier alpha value is -1.05. The molecule has 2 heteroatoms. The second kappa shape index (κ2) is 3.13. The number of hydrogen-bond donors (Lipinski definition) is 0. The van der Waals surface area contributed by atoms with Crippen LogP contribution in [0.25, 0.3) is 0 Å². The Morgan fingerprint density at radius 3 is 2.58 bits per heavy atom. The van der Waals surface area contributed by atoms with Gasteiger partial charge in [0, 0.05) is 31.1 Å². The van der Waals surface area contributed by atoms with Crippen molar-refractivity contribution in [3.63, 3.8) is 0 Å². The average Bonchev–Trinajstić information content (AvgIpc) is 2.87. The van der Waals surface area contributed by atoms with Gasteiger partial charge in [0.05, 0.1) is 0 Å². The van der Waals surface area contributed by atoms with E-state index in [9.17, 15) is 4.79 Å². The van der Waals surface area contributed by atoms with Crippen molar-refractivity contribution in [2.45, 2.75) is 25.8 Å². The van der Waals surface area contributed by atoms with E-state index >= 15 is 0 Å². The lowest BCUT2D eigenvalue weighted by Gasteiger charge is -2.03. The molecule has 1 aliphatic carbocycles. The highest BCUT2D eigenvalue weighted by molar-refractivity contribution is 4.93. The van der Waals surface area contributed by atoms with Gasteiger partial charge in [-0.3, -0.25) is 4.79 Å². The van der Waals surface area contributed by atoms with Crippen molar-refractivity contribution in [1.29, 1.82) is 0 Å². The molecular weight excluding hydrogens is 150 g/mol. The zero-order chi connectivity index (χ0) is 8.39. The molecule has 0 spiro atoms. The second-order valence-corrected chi connectivity index (χ2v) is 3.50. The Labute approximate surface area is 71.8 Å². The maximum Gasteiger partial charge on any atom is 0.181 e. The SMILES string of the molecule is O=c1ccn(CCC2CC2)cc1. The molecule has 12 heavy (non-hydrogen) atoms. The standard InChI is InChI=1S/C10H13NO/c12-10-4-7-11(8-5-10)6-3-9-1-2-9/h4-5,7-9H,1-3,6H2. The molecule has 0 amide bonds. The molecule has 1 aromatic rings. The molecule has 0 N–H and O–H groups in total. The first-order valence-electron chi connectivity index (χ1n) is 4.51. The van der Waals surface area contributed by atoms with Crippen LogP contribution in [0.2, 0.25) is 0 Å². The fraction of sp³-hybridized carbons (Fsp3) is 0.500. The van der Waals surface area contributed by atoms with E-state index < -0.39 is 0 Å². The van der Waals surface area contributed by atoms with E-state index in [4.69, 9.17) is 0 Å². The summed E-state index contributed by atoms with van der Waals surface area (Å²) in [6.45, 7) is 1.06. The maximum atomic E-state index is 10.8. The van der Waals surface area contributed by atoms with Crippen LogP contribution in [0.3, 0.4) is 0 Å². The number of pyridine rings is 1. The molecule has 0 unspecified atom stereocenters. The summed E-state index contributed by atoms with van der Waals surface area (Å²) in [5.41, 5.74) is 0.0951. The lowest BCUT2D eigenvalue weighted by Crippen LogP contribution is -2.04. The molecule has 1 saturated carbocycles. The third-order valence-corrected chi connectivity index (χ3v) is 2.35. The predicted octanol–water partition coefficient (Wildman–Crippen LogP) is 1.65. The molecular formula is C10H13NO. The van der Waals surface area contributed by atoms with Crippen molar-refractivity contribution in [2.75, 3.05) is 0 Å². The van der Waals surface area contributed by atoms with Gasteiger partial charge in [0.2, 0.25) is 0 Å². The third-order valence-electron chi connectivity index (χ3n) is 2.35. The first-order chi connectivity index (χ1) is 5.84. The lowest BCUT2D eigenvalue weighted by atomic mass is 10.3. The number of hydrogen-bond acceptors (Lipinski definition) is 1. The summed E-state index contributed by atoms with van der Waals surface area (Å²) in [6.07, 6.45) is 7.80. The molecule has 0 atom stereocenters. The summed E-state index contributed by atoms with van der Waals surface area (Å²) >= 11 is 0. The van der Waals surface area contributed by atoms with Crippen molar-refractivity contribution in [3.8, 4) is 0 Å². The topological polar surface area (TPSA) is 22.0 Å². The van der Waals surface area contributed by atoms with Crippen LogP contribution in [0.4, 0.5) is 0 Å². The maximum absolute atomic E-state index is 10.8. The van der Waals surface area contributed by atoms with E-state index in [0.29, 0.717) is 0 Å². The van der Waals surface area contributed by atoms with Crippen LogP contribution >= 0.6 is 0 Å². The van der Waals surface area contributed by atoms with Crippen LogP contribution in [-0.4, -0.2) is 4.57 Å². The zero-order valence-corrected chi connectivity index (χ0v) is 7.07. The Morgan fingerprint density at radius 1 is 1.33 bits per heavy atom. The van der Waals surface area contributed by atoms with Gasteiger partial charge in [-0.1, -0.05) is 12.8 Å². The average molecular weight is 163 g/mol. The zero-order valence-electron chi connectivity index (χ0n) is 7.07. The number of aromatic nitrogens is 1. The second-order valence-electron chi connectivity index (χ2n) is 3.50. The van der Waals surface area contributed by atoms with Crippen LogP contribution in [0, 0.1) is 5.92 Å². The quantitative estimate of drug-likeness (QED) is 0.664. The Bertz CT molecular complexity index is 291. The van der Waals surface area contributed by atoms with Crippen molar-refractivity contribution in [1.82, 2.24) is 4.57 Å². The largest absolute Gasteiger partial charge is 0.354 e. The number of nitrogens with zero attached hydrogens (tertiary/aromatic N) is 1. The van der Waals surface area contributed by atoms with Gasteiger partial charge in [-0.2, -0.15) is 0 Å². The monoisotopic (exact) mass is 163 g/mol. The Balaban J connectivity index is 1.93. The summed E-state index contributed by atoms with van der Waals surface area (Å²) in [7, 11) is 0. The molecule has 0 saturated heterocycles. The van der Waals surface area contributed by atoms with Crippen molar-refractivity contribution in [3.05, 3.63) is 34.7 Å². The van der Waals surface area contributed by atoms with Gasteiger partial charge < -0.3 is 4.57 Å². The summed E-state index contributed by atoms with van der Waals surface area (Å²) in [5.74, 6) is 0.962. The molecule has 64 valence electrons. The van der Waals surface area contributed by atoms with E-state index in [-0.39, 0.29) is 5.43 Å². The lowest BCUT2D eigenvalue weighted by molar-refractivity contribution is 0.593. The van der Waals surface area contributed by atoms with Crippen LogP contribution in [-0.2, 0) is 6.54 Å². The minimum absolute atomic E-state index is 0.0951. The summed E-state index contributed by atoms with van der Waals surface area (Å²) in [4.78, 5) is 10.8. The van der Waals surface area contributed by atoms with Gasteiger partial charge in [0.25, 0.3) is 0 Å². The van der Waals surface area contributed by atoms with Crippen LogP contribution in [0.1, 0.15) is 19.3 Å². The van der Waals surface area contributed by atoms with Gasteiger partial charge in [0.15, 0.2) is 5.43 Å². The van der Waals surface area contributed by atoms with E-state index in [1.54, 1.807) is 12.1 Å². The van der Waals surface area contributed by atoms with Gasteiger partial charge in [0.1, 0.15) is 0 Å². The predicted molar refractivity (Wildman–Crippen MR) is 48.0 cm³/mol. The minimum atomic E-state index is 0.0951. The first kappa shape index (κ1) is 7.59. The summed E-state index contributed by atoms with van der Waals surface area (Å²) in [5, 5.41) is 0. The van der Waals surface area contributed by atoms with Crippen molar-refractivity contribution in [2.24, 2.45) is 5.92 Å². The summed E-state index contributed by atoms with van der Waals surface area (Å²) < 4.78 is 2.08. The Kier molecular flexibility index (Phi) is 1.98. The molecule has 1 aliphatic rings. The van der Waals surface area contributed by atoms with E-state index in [1.807, 2.05) is 12.4 Å². The van der Waals surface area contributed by atoms with E-state index in [2.05, 4.69) is 4.57 Å².